The quantitative estimate of drug-likeness (QED) is 0.694. The summed E-state index contributed by atoms with van der Waals surface area (Å²) in [6.07, 6.45) is 2.66. The first kappa shape index (κ1) is 10.1. The summed E-state index contributed by atoms with van der Waals surface area (Å²) in [5.74, 6) is 1.70. The standard InChI is InChI=1S/C15H12O2/c16-10-12-5-3-7-15-13(12)9-8-11-4-1-2-6-14(11)17-15/h1-7,10H,8-9H2. The highest BCUT2D eigenvalue weighted by Crippen LogP contribution is 2.34. The van der Waals surface area contributed by atoms with Crippen molar-refractivity contribution in [3.8, 4) is 11.5 Å². The molecule has 0 aromatic heterocycles. The van der Waals surface area contributed by atoms with Crippen LogP contribution >= 0.6 is 0 Å². The summed E-state index contributed by atoms with van der Waals surface area (Å²) in [6.45, 7) is 0. The van der Waals surface area contributed by atoms with Crippen LogP contribution in [0.1, 0.15) is 21.5 Å². The molecule has 2 nitrogen and oxygen atoms in total. The van der Waals surface area contributed by atoms with E-state index in [1.54, 1.807) is 0 Å². The Balaban J connectivity index is 2.12. The summed E-state index contributed by atoms with van der Waals surface area (Å²) in [5, 5.41) is 0. The summed E-state index contributed by atoms with van der Waals surface area (Å²) in [5.41, 5.74) is 2.94. The molecule has 2 aromatic carbocycles. The van der Waals surface area contributed by atoms with Crippen molar-refractivity contribution in [2.24, 2.45) is 0 Å². The number of hydrogen-bond donors (Lipinski definition) is 0. The van der Waals surface area contributed by atoms with Crippen LogP contribution in [0.2, 0.25) is 0 Å². The number of ether oxygens (including phenoxy) is 1. The molecule has 1 aliphatic rings. The van der Waals surface area contributed by atoms with E-state index in [2.05, 4.69) is 6.07 Å². The normalized spacial score (nSPS) is 12.9. The zero-order chi connectivity index (χ0) is 11.7. The van der Waals surface area contributed by atoms with Crippen LogP contribution in [0.4, 0.5) is 0 Å². The Morgan fingerprint density at radius 2 is 1.76 bits per heavy atom. The number of aryl methyl sites for hydroxylation is 1. The number of rotatable bonds is 1. The highest BCUT2D eigenvalue weighted by atomic mass is 16.5. The minimum Gasteiger partial charge on any atom is -0.457 e. The van der Waals surface area contributed by atoms with E-state index in [1.807, 2.05) is 36.4 Å². The molecule has 0 saturated carbocycles. The molecule has 2 heteroatoms. The van der Waals surface area contributed by atoms with Crippen LogP contribution in [-0.2, 0) is 12.8 Å². The first-order chi connectivity index (χ1) is 8.38. The van der Waals surface area contributed by atoms with Gasteiger partial charge >= 0.3 is 0 Å². The Kier molecular flexibility index (Phi) is 2.41. The third kappa shape index (κ3) is 1.72. The number of para-hydroxylation sites is 1. The van der Waals surface area contributed by atoms with Crippen molar-refractivity contribution < 1.29 is 9.53 Å². The lowest BCUT2D eigenvalue weighted by Gasteiger charge is -2.09. The maximum absolute atomic E-state index is 11.0. The largest absolute Gasteiger partial charge is 0.457 e. The van der Waals surface area contributed by atoms with Gasteiger partial charge in [-0.1, -0.05) is 30.3 Å². The third-order valence-electron chi connectivity index (χ3n) is 3.13. The topological polar surface area (TPSA) is 26.3 Å². The predicted octanol–water partition coefficient (Wildman–Crippen LogP) is 3.39. The lowest BCUT2D eigenvalue weighted by molar-refractivity contribution is 0.112. The molecule has 2 aromatic rings. The maximum atomic E-state index is 11.0. The first-order valence-electron chi connectivity index (χ1n) is 5.71. The van der Waals surface area contributed by atoms with Gasteiger partial charge in [-0.15, -0.1) is 0 Å². The zero-order valence-corrected chi connectivity index (χ0v) is 9.35. The lowest BCUT2D eigenvalue weighted by Crippen LogP contribution is -1.95. The second-order valence-electron chi connectivity index (χ2n) is 4.15. The van der Waals surface area contributed by atoms with E-state index < -0.39 is 0 Å². The molecule has 1 aliphatic heterocycles. The lowest BCUT2D eigenvalue weighted by atomic mass is 10.0. The molecular weight excluding hydrogens is 212 g/mol. The van der Waals surface area contributed by atoms with Crippen LogP contribution in [0.5, 0.6) is 11.5 Å². The molecule has 84 valence electrons. The number of carbonyl (C=O) groups excluding carboxylic acids is 1. The summed E-state index contributed by atoms with van der Waals surface area (Å²) in [7, 11) is 0. The second kappa shape index (κ2) is 4.06. The average molecular weight is 224 g/mol. The molecule has 0 aliphatic carbocycles. The Morgan fingerprint density at radius 3 is 2.65 bits per heavy atom. The third-order valence-corrected chi connectivity index (χ3v) is 3.13. The molecule has 0 radical (unpaired) electrons. The molecule has 3 rings (SSSR count). The summed E-state index contributed by atoms with van der Waals surface area (Å²) < 4.78 is 5.89. The van der Waals surface area contributed by atoms with Gasteiger partial charge in [0, 0.05) is 11.1 Å². The summed E-state index contributed by atoms with van der Waals surface area (Å²) >= 11 is 0. The zero-order valence-electron chi connectivity index (χ0n) is 9.35. The van der Waals surface area contributed by atoms with Gasteiger partial charge in [0.05, 0.1) is 0 Å². The van der Waals surface area contributed by atoms with E-state index in [9.17, 15) is 4.79 Å². The van der Waals surface area contributed by atoms with Crippen LogP contribution in [0.15, 0.2) is 42.5 Å². The minimum absolute atomic E-state index is 0.732. The molecule has 0 spiro atoms. The van der Waals surface area contributed by atoms with Crippen molar-refractivity contribution in [3.05, 3.63) is 59.2 Å². The molecule has 0 fully saturated rings. The van der Waals surface area contributed by atoms with E-state index >= 15 is 0 Å². The Morgan fingerprint density at radius 1 is 0.941 bits per heavy atom. The predicted molar refractivity (Wildman–Crippen MR) is 65.8 cm³/mol. The van der Waals surface area contributed by atoms with E-state index in [0.717, 1.165) is 41.8 Å². The Labute approximate surface area is 99.9 Å². The van der Waals surface area contributed by atoms with Crippen LogP contribution < -0.4 is 4.74 Å². The van der Waals surface area contributed by atoms with Crippen LogP contribution in [-0.4, -0.2) is 6.29 Å². The number of benzene rings is 2. The number of carbonyl (C=O) groups is 1. The number of aldehydes is 1. The van der Waals surface area contributed by atoms with Crippen molar-refractivity contribution in [1.82, 2.24) is 0 Å². The van der Waals surface area contributed by atoms with Gasteiger partial charge in [0.25, 0.3) is 0 Å². The molecule has 0 amide bonds. The first-order valence-corrected chi connectivity index (χ1v) is 5.71. The van der Waals surface area contributed by atoms with Gasteiger partial charge in [-0.05, 0) is 30.5 Å². The van der Waals surface area contributed by atoms with Crippen molar-refractivity contribution >= 4 is 6.29 Å². The smallest absolute Gasteiger partial charge is 0.150 e. The molecule has 0 N–H and O–H groups in total. The number of fused-ring (bicyclic) bond motifs is 2. The molecular formula is C15H12O2. The minimum atomic E-state index is 0.732. The number of hydrogen-bond acceptors (Lipinski definition) is 2. The highest BCUT2D eigenvalue weighted by molar-refractivity contribution is 5.79. The Hall–Kier alpha value is -2.09. The van der Waals surface area contributed by atoms with Gasteiger partial charge in [0.2, 0.25) is 0 Å². The van der Waals surface area contributed by atoms with Gasteiger partial charge in [-0.25, -0.2) is 0 Å². The van der Waals surface area contributed by atoms with E-state index in [0.29, 0.717) is 0 Å². The van der Waals surface area contributed by atoms with Crippen molar-refractivity contribution in [1.29, 1.82) is 0 Å². The fraction of sp³-hybridized carbons (Fsp3) is 0.133. The molecule has 0 atom stereocenters. The van der Waals surface area contributed by atoms with Gasteiger partial charge in [0.1, 0.15) is 17.8 Å². The monoisotopic (exact) mass is 224 g/mol. The maximum Gasteiger partial charge on any atom is 0.150 e. The van der Waals surface area contributed by atoms with Crippen molar-refractivity contribution in [3.63, 3.8) is 0 Å². The SMILES string of the molecule is O=Cc1cccc2c1CCc1ccccc1O2. The summed E-state index contributed by atoms with van der Waals surface area (Å²) in [4.78, 5) is 11.0. The fourth-order valence-electron chi connectivity index (χ4n) is 2.24. The van der Waals surface area contributed by atoms with Crippen molar-refractivity contribution in [2.45, 2.75) is 12.8 Å². The molecule has 1 heterocycles. The molecule has 0 unspecified atom stereocenters. The second-order valence-corrected chi connectivity index (χ2v) is 4.15. The van der Waals surface area contributed by atoms with Gasteiger partial charge in [-0.3, -0.25) is 4.79 Å². The highest BCUT2D eigenvalue weighted by Gasteiger charge is 2.16. The van der Waals surface area contributed by atoms with Crippen LogP contribution in [0.3, 0.4) is 0 Å². The molecule has 0 saturated heterocycles. The van der Waals surface area contributed by atoms with Crippen LogP contribution in [0, 0.1) is 0 Å². The summed E-state index contributed by atoms with van der Waals surface area (Å²) in [6, 6.07) is 13.6. The van der Waals surface area contributed by atoms with Crippen LogP contribution in [0.25, 0.3) is 0 Å². The Bertz CT molecular complexity index is 573. The average Bonchev–Trinajstić information content (AvgIpc) is 2.57. The van der Waals surface area contributed by atoms with E-state index in [4.69, 9.17) is 4.74 Å². The van der Waals surface area contributed by atoms with Gasteiger partial charge in [0.15, 0.2) is 0 Å². The van der Waals surface area contributed by atoms with Gasteiger partial charge < -0.3 is 4.74 Å². The van der Waals surface area contributed by atoms with E-state index in [-0.39, 0.29) is 0 Å². The van der Waals surface area contributed by atoms with Crippen molar-refractivity contribution in [2.75, 3.05) is 0 Å². The molecule has 17 heavy (non-hydrogen) atoms. The molecule has 0 bridgehead atoms. The fourth-order valence-corrected chi connectivity index (χ4v) is 2.24. The van der Waals surface area contributed by atoms with E-state index in [1.165, 1.54) is 5.56 Å². The van der Waals surface area contributed by atoms with Gasteiger partial charge in [-0.2, -0.15) is 0 Å².